The van der Waals surface area contributed by atoms with E-state index in [1.807, 2.05) is 18.2 Å². The fourth-order valence-electron chi connectivity index (χ4n) is 2.66. The molecule has 0 spiro atoms. The van der Waals surface area contributed by atoms with Crippen molar-refractivity contribution in [2.75, 3.05) is 0 Å². The molecule has 0 bridgehead atoms. The average Bonchev–Trinajstić information content (AvgIpc) is 2.74. The van der Waals surface area contributed by atoms with E-state index in [1.54, 1.807) is 6.07 Å². The van der Waals surface area contributed by atoms with E-state index < -0.39 is 0 Å². The second-order valence-electron chi connectivity index (χ2n) is 4.35. The Kier molecular flexibility index (Phi) is 2.17. The molecule has 80 valence electrons. The van der Waals surface area contributed by atoms with Gasteiger partial charge in [-0.1, -0.05) is 42.5 Å². The van der Waals surface area contributed by atoms with Crippen LogP contribution in [0.25, 0.3) is 0 Å². The van der Waals surface area contributed by atoms with Gasteiger partial charge < -0.3 is 5.11 Å². The molecular weight excluding hydrogens is 196 g/mol. The lowest BCUT2D eigenvalue weighted by Crippen LogP contribution is -1.96. The minimum absolute atomic E-state index is 0.373. The van der Waals surface area contributed by atoms with Crippen LogP contribution in [-0.4, -0.2) is 5.11 Å². The largest absolute Gasteiger partial charge is 0.508 e. The number of hydrogen-bond donors (Lipinski definition) is 1. The lowest BCUT2D eigenvalue weighted by molar-refractivity contribution is 0.464. The van der Waals surface area contributed by atoms with Crippen LogP contribution in [0.4, 0.5) is 0 Å². The summed E-state index contributed by atoms with van der Waals surface area (Å²) in [4.78, 5) is 0. The van der Waals surface area contributed by atoms with Crippen LogP contribution in [0.3, 0.4) is 0 Å². The maximum Gasteiger partial charge on any atom is 0.119 e. The highest BCUT2D eigenvalue weighted by Gasteiger charge is 2.24. The van der Waals surface area contributed by atoms with Gasteiger partial charge in [0, 0.05) is 11.5 Å². The molecule has 1 nitrogen and oxygen atoms in total. The number of benzene rings is 2. The van der Waals surface area contributed by atoms with Crippen molar-refractivity contribution < 1.29 is 5.11 Å². The summed E-state index contributed by atoms with van der Waals surface area (Å²) in [6, 6.07) is 16.2. The first-order valence-electron chi connectivity index (χ1n) is 5.72. The fraction of sp³-hybridized carbons (Fsp3) is 0.200. The van der Waals surface area contributed by atoms with Crippen LogP contribution >= 0.6 is 0 Å². The number of para-hydroxylation sites is 1. The van der Waals surface area contributed by atoms with Crippen LogP contribution in [0.2, 0.25) is 0 Å². The molecule has 1 heteroatoms. The van der Waals surface area contributed by atoms with E-state index >= 15 is 0 Å². The van der Waals surface area contributed by atoms with Crippen LogP contribution < -0.4 is 0 Å². The van der Waals surface area contributed by atoms with Crippen molar-refractivity contribution in [3.05, 3.63) is 65.2 Å². The molecule has 0 amide bonds. The van der Waals surface area contributed by atoms with E-state index in [1.165, 1.54) is 11.1 Å². The Bertz CT molecular complexity index is 516. The summed E-state index contributed by atoms with van der Waals surface area (Å²) < 4.78 is 0. The van der Waals surface area contributed by atoms with Crippen molar-refractivity contribution in [1.82, 2.24) is 0 Å². The summed E-state index contributed by atoms with van der Waals surface area (Å²) in [5.74, 6) is 0.793. The Morgan fingerprint density at radius 2 is 1.56 bits per heavy atom. The van der Waals surface area contributed by atoms with Gasteiger partial charge in [0.25, 0.3) is 0 Å². The smallest absolute Gasteiger partial charge is 0.119 e. The van der Waals surface area contributed by atoms with E-state index in [0.29, 0.717) is 11.7 Å². The Morgan fingerprint density at radius 1 is 0.875 bits per heavy atom. The topological polar surface area (TPSA) is 20.2 Å². The Balaban J connectivity index is 2.08. The summed E-state index contributed by atoms with van der Waals surface area (Å²) in [7, 11) is 0. The minimum Gasteiger partial charge on any atom is -0.508 e. The Morgan fingerprint density at radius 3 is 2.38 bits per heavy atom. The highest BCUT2D eigenvalue weighted by atomic mass is 16.3. The van der Waals surface area contributed by atoms with Crippen LogP contribution in [0.15, 0.2) is 48.5 Å². The van der Waals surface area contributed by atoms with Crippen molar-refractivity contribution in [3.63, 3.8) is 0 Å². The van der Waals surface area contributed by atoms with Gasteiger partial charge in [-0.25, -0.2) is 0 Å². The number of rotatable bonds is 1. The van der Waals surface area contributed by atoms with Crippen molar-refractivity contribution in [2.45, 2.75) is 18.8 Å². The fourth-order valence-corrected chi connectivity index (χ4v) is 2.66. The van der Waals surface area contributed by atoms with Crippen LogP contribution in [0, 0.1) is 0 Å². The highest BCUT2D eigenvalue weighted by molar-refractivity contribution is 5.46. The molecular formula is C15H14O. The third kappa shape index (κ3) is 1.40. The number of phenolic OH excluding ortho intramolecular Hbond substituents is 1. The molecule has 0 unspecified atom stereocenters. The lowest BCUT2D eigenvalue weighted by Gasteiger charge is -2.13. The van der Waals surface area contributed by atoms with E-state index in [9.17, 15) is 5.11 Å². The van der Waals surface area contributed by atoms with Gasteiger partial charge in [-0.05, 0) is 30.0 Å². The molecule has 1 aliphatic carbocycles. The maximum atomic E-state index is 9.90. The first-order valence-corrected chi connectivity index (χ1v) is 5.72. The van der Waals surface area contributed by atoms with E-state index in [-0.39, 0.29) is 0 Å². The molecule has 0 aliphatic heterocycles. The standard InChI is InChI=1S/C15H14O/c16-15-8-4-3-7-14(15)13-10-9-11-5-1-2-6-12(11)13/h1-8,13,16H,9-10H2/t13-/m0/s1. The molecule has 3 rings (SSSR count). The molecule has 1 aliphatic rings. The molecule has 1 N–H and O–H groups in total. The van der Waals surface area contributed by atoms with E-state index in [4.69, 9.17) is 0 Å². The first kappa shape index (κ1) is 9.46. The molecule has 0 fully saturated rings. The van der Waals surface area contributed by atoms with Gasteiger partial charge in [0.2, 0.25) is 0 Å². The number of fused-ring (bicyclic) bond motifs is 1. The number of phenols is 1. The molecule has 2 aromatic carbocycles. The monoisotopic (exact) mass is 210 g/mol. The molecule has 16 heavy (non-hydrogen) atoms. The molecule has 0 aromatic heterocycles. The average molecular weight is 210 g/mol. The first-order chi connectivity index (χ1) is 7.86. The normalized spacial score (nSPS) is 18.4. The van der Waals surface area contributed by atoms with Crippen molar-refractivity contribution in [2.24, 2.45) is 0 Å². The summed E-state index contributed by atoms with van der Waals surface area (Å²) in [5.41, 5.74) is 3.87. The predicted molar refractivity (Wildman–Crippen MR) is 64.7 cm³/mol. The lowest BCUT2D eigenvalue weighted by atomic mass is 9.92. The quantitative estimate of drug-likeness (QED) is 0.764. The van der Waals surface area contributed by atoms with E-state index in [0.717, 1.165) is 18.4 Å². The van der Waals surface area contributed by atoms with Crippen molar-refractivity contribution in [1.29, 1.82) is 0 Å². The third-order valence-corrected chi connectivity index (χ3v) is 3.45. The molecule has 0 saturated carbocycles. The van der Waals surface area contributed by atoms with Gasteiger partial charge in [-0.2, -0.15) is 0 Å². The Hall–Kier alpha value is -1.76. The summed E-state index contributed by atoms with van der Waals surface area (Å²) in [6.45, 7) is 0. The van der Waals surface area contributed by atoms with Crippen molar-refractivity contribution >= 4 is 0 Å². The van der Waals surface area contributed by atoms with Crippen molar-refractivity contribution in [3.8, 4) is 5.75 Å². The van der Waals surface area contributed by atoms with Gasteiger partial charge in [0.15, 0.2) is 0 Å². The van der Waals surface area contributed by atoms with Gasteiger partial charge in [-0.15, -0.1) is 0 Å². The summed E-state index contributed by atoms with van der Waals surface area (Å²) in [6.07, 6.45) is 2.23. The zero-order chi connectivity index (χ0) is 11.0. The SMILES string of the molecule is Oc1ccccc1[C@H]1CCc2ccccc21. The summed E-state index contributed by atoms with van der Waals surface area (Å²) >= 11 is 0. The van der Waals surface area contributed by atoms with Crippen LogP contribution in [0.5, 0.6) is 5.75 Å². The second-order valence-corrected chi connectivity index (χ2v) is 4.35. The second kappa shape index (κ2) is 3.67. The molecule has 2 aromatic rings. The van der Waals surface area contributed by atoms with Crippen LogP contribution in [-0.2, 0) is 6.42 Å². The predicted octanol–water partition coefficient (Wildman–Crippen LogP) is 3.47. The minimum atomic E-state index is 0.373. The molecule has 0 heterocycles. The van der Waals surface area contributed by atoms with Gasteiger partial charge in [-0.3, -0.25) is 0 Å². The maximum absolute atomic E-state index is 9.90. The number of aromatic hydroxyl groups is 1. The molecule has 0 saturated heterocycles. The summed E-state index contributed by atoms with van der Waals surface area (Å²) in [5, 5.41) is 9.90. The third-order valence-electron chi connectivity index (χ3n) is 3.45. The highest BCUT2D eigenvalue weighted by Crippen LogP contribution is 2.40. The zero-order valence-corrected chi connectivity index (χ0v) is 9.06. The van der Waals surface area contributed by atoms with Gasteiger partial charge >= 0.3 is 0 Å². The number of hydrogen-bond acceptors (Lipinski definition) is 1. The number of aryl methyl sites for hydroxylation is 1. The van der Waals surface area contributed by atoms with Gasteiger partial charge in [0.1, 0.15) is 5.75 Å². The van der Waals surface area contributed by atoms with E-state index in [2.05, 4.69) is 24.3 Å². The van der Waals surface area contributed by atoms with Gasteiger partial charge in [0.05, 0.1) is 0 Å². The Labute approximate surface area is 95.4 Å². The molecule has 1 atom stereocenters. The molecule has 0 radical (unpaired) electrons. The van der Waals surface area contributed by atoms with Crippen LogP contribution in [0.1, 0.15) is 29.0 Å². The zero-order valence-electron chi connectivity index (χ0n) is 9.06.